The number of carbonyl (C=O) groups excluding carboxylic acids is 1. The number of amides is 1. The Balaban J connectivity index is 1.67. The fourth-order valence-electron chi connectivity index (χ4n) is 3.25. The Morgan fingerprint density at radius 3 is 3.00 bits per heavy atom. The van der Waals surface area contributed by atoms with Crippen LogP contribution in [0.4, 0.5) is 0 Å². The highest BCUT2D eigenvalue weighted by Crippen LogP contribution is 2.28. The van der Waals surface area contributed by atoms with Crippen molar-refractivity contribution in [1.29, 1.82) is 0 Å². The van der Waals surface area contributed by atoms with E-state index in [0.717, 1.165) is 25.0 Å². The number of H-pyrrole nitrogens is 1. The van der Waals surface area contributed by atoms with E-state index >= 15 is 0 Å². The Labute approximate surface area is 134 Å². The predicted octanol–water partition coefficient (Wildman–Crippen LogP) is 1.80. The summed E-state index contributed by atoms with van der Waals surface area (Å²) in [6, 6.07) is 5.26. The van der Waals surface area contributed by atoms with Crippen LogP contribution in [-0.4, -0.2) is 34.2 Å². The van der Waals surface area contributed by atoms with E-state index in [1.807, 2.05) is 0 Å². The summed E-state index contributed by atoms with van der Waals surface area (Å²) in [6.07, 6.45) is 1.91. The number of ether oxygens (including phenoxy) is 1. The normalized spacial score (nSPS) is 20.6. The topological polar surface area (TPSA) is 76.1 Å². The Bertz CT molecular complexity index is 788. The van der Waals surface area contributed by atoms with Crippen molar-refractivity contribution < 1.29 is 9.53 Å². The molecule has 1 amide bonds. The third kappa shape index (κ3) is 3.32. The second-order valence-corrected chi connectivity index (χ2v) is 6.90. The van der Waals surface area contributed by atoms with E-state index in [0.29, 0.717) is 23.5 Å². The highest BCUT2D eigenvalue weighted by molar-refractivity contribution is 5.97. The van der Waals surface area contributed by atoms with Crippen LogP contribution in [0.2, 0.25) is 0 Å². The summed E-state index contributed by atoms with van der Waals surface area (Å²) in [6.45, 7) is 5.56. The lowest BCUT2D eigenvalue weighted by Gasteiger charge is -2.35. The van der Waals surface area contributed by atoms with E-state index in [2.05, 4.69) is 24.1 Å². The van der Waals surface area contributed by atoms with Crippen molar-refractivity contribution in [1.82, 2.24) is 14.9 Å². The van der Waals surface area contributed by atoms with Gasteiger partial charge < -0.3 is 15.0 Å². The van der Waals surface area contributed by atoms with Gasteiger partial charge in [-0.05, 0) is 50.8 Å². The zero-order chi connectivity index (χ0) is 16.6. The number of imidazole rings is 1. The second-order valence-electron chi connectivity index (χ2n) is 6.90. The number of rotatable bonds is 3. The quantitative estimate of drug-likeness (QED) is 0.906. The van der Waals surface area contributed by atoms with Gasteiger partial charge in [-0.15, -0.1) is 0 Å². The van der Waals surface area contributed by atoms with Gasteiger partial charge in [0.25, 0.3) is 5.91 Å². The molecule has 1 unspecified atom stereocenters. The number of aryl methyl sites for hydroxylation is 1. The molecule has 0 saturated carbocycles. The molecule has 2 heterocycles. The van der Waals surface area contributed by atoms with Crippen LogP contribution >= 0.6 is 0 Å². The molecule has 2 aromatic rings. The van der Waals surface area contributed by atoms with Crippen molar-refractivity contribution in [3.63, 3.8) is 0 Å². The minimum Gasteiger partial charge on any atom is -0.376 e. The van der Waals surface area contributed by atoms with Gasteiger partial charge in [0.05, 0.1) is 16.6 Å². The van der Waals surface area contributed by atoms with Crippen LogP contribution in [0.3, 0.4) is 0 Å². The molecule has 1 aliphatic heterocycles. The van der Waals surface area contributed by atoms with Crippen LogP contribution in [0.15, 0.2) is 23.0 Å². The molecule has 23 heavy (non-hydrogen) atoms. The molecule has 1 saturated heterocycles. The fourth-order valence-corrected chi connectivity index (χ4v) is 3.25. The van der Waals surface area contributed by atoms with Gasteiger partial charge in [0, 0.05) is 25.8 Å². The molecule has 6 nitrogen and oxygen atoms in total. The Hall–Kier alpha value is -2.08. The summed E-state index contributed by atoms with van der Waals surface area (Å²) >= 11 is 0. The maximum Gasteiger partial charge on any atom is 0.326 e. The number of fused-ring (bicyclic) bond motifs is 1. The summed E-state index contributed by atoms with van der Waals surface area (Å²) in [4.78, 5) is 26.7. The van der Waals surface area contributed by atoms with E-state index in [-0.39, 0.29) is 17.2 Å². The molecule has 2 N–H and O–H groups in total. The van der Waals surface area contributed by atoms with Crippen LogP contribution in [0.25, 0.3) is 11.0 Å². The summed E-state index contributed by atoms with van der Waals surface area (Å²) in [5, 5.41) is 3.00. The molecule has 1 fully saturated rings. The summed E-state index contributed by atoms with van der Waals surface area (Å²) in [5.41, 5.74) is 1.73. The maximum absolute atomic E-state index is 12.3. The summed E-state index contributed by atoms with van der Waals surface area (Å²) in [7, 11) is 1.70. The molecule has 1 aromatic carbocycles. The third-order valence-corrected chi connectivity index (χ3v) is 4.52. The van der Waals surface area contributed by atoms with Gasteiger partial charge >= 0.3 is 5.69 Å². The second kappa shape index (κ2) is 5.85. The molecule has 0 bridgehead atoms. The first kappa shape index (κ1) is 15.8. The number of hydrogen-bond acceptors (Lipinski definition) is 3. The number of nitrogens with one attached hydrogen (secondary N) is 2. The predicted molar refractivity (Wildman–Crippen MR) is 88.6 cm³/mol. The monoisotopic (exact) mass is 317 g/mol. The van der Waals surface area contributed by atoms with Crippen molar-refractivity contribution in [3.8, 4) is 0 Å². The molecule has 1 aromatic heterocycles. The molecule has 6 heteroatoms. The van der Waals surface area contributed by atoms with Crippen LogP contribution in [0.5, 0.6) is 0 Å². The van der Waals surface area contributed by atoms with Gasteiger partial charge in [-0.3, -0.25) is 9.36 Å². The average Bonchev–Trinajstić information content (AvgIpc) is 2.78. The van der Waals surface area contributed by atoms with E-state index in [1.165, 1.54) is 4.57 Å². The first-order valence-electron chi connectivity index (χ1n) is 7.97. The van der Waals surface area contributed by atoms with Crippen LogP contribution in [0.1, 0.15) is 37.0 Å². The number of hydrogen-bond donors (Lipinski definition) is 2. The largest absolute Gasteiger partial charge is 0.376 e. The lowest BCUT2D eigenvalue weighted by atomic mass is 9.88. The minimum absolute atomic E-state index is 0.110. The van der Waals surface area contributed by atoms with Gasteiger partial charge in [-0.1, -0.05) is 0 Å². The van der Waals surface area contributed by atoms with Gasteiger partial charge in [-0.2, -0.15) is 0 Å². The zero-order valence-corrected chi connectivity index (χ0v) is 13.8. The van der Waals surface area contributed by atoms with Crippen molar-refractivity contribution in [3.05, 3.63) is 34.2 Å². The number of benzene rings is 1. The highest BCUT2D eigenvalue weighted by Gasteiger charge is 2.28. The molecule has 0 aliphatic carbocycles. The molecule has 3 rings (SSSR count). The molecular formula is C17H23N3O3. The van der Waals surface area contributed by atoms with Gasteiger partial charge in [0.15, 0.2) is 0 Å². The number of carbonyl (C=O) groups is 1. The van der Waals surface area contributed by atoms with E-state index < -0.39 is 0 Å². The average molecular weight is 317 g/mol. The van der Waals surface area contributed by atoms with Gasteiger partial charge in [0.2, 0.25) is 0 Å². The van der Waals surface area contributed by atoms with Crippen molar-refractivity contribution >= 4 is 16.9 Å². The molecule has 1 aliphatic rings. The third-order valence-electron chi connectivity index (χ3n) is 4.52. The fraction of sp³-hybridized carbons (Fsp3) is 0.529. The smallest absolute Gasteiger partial charge is 0.326 e. The maximum atomic E-state index is 12.3. The van der Waals surface area contributed by atoms with Crippen LogP contribution < -0.4 is 11.0 Å². The molecule has 124 valence electrons. The number of aromatic amines is 1. The molecule has 1 atom stereocenters. The Kier molecular flexibility index (Phi) is 4.02. The molecular weight excluding hydrogens is 294 g/mol. The van der Waals surface area contributed by atoms with Gasteiger partial charge in [-0.25, -0.2) is 4.79 Å². The minimum atomic E-state index is -0.179. The summed E-state index contributed by atoms with van der Waals surface area (Å²) < 4.78 is 7.23. The molecule has 0 spiro atoms. The van der Waals surface area contributed by atoms with Crippen molar-refractivity contribution in [2.24, 2.45) is 13.0 Å². The van der Waals surface area contributed by atoms with E-state index in [9.17, 15) is 9.59 Å². The first-order valence-corrected chi connectivity index (χ1v) is 7.97. The van der Waals surface area contributed by atoms with Crippen LogP contribution in [0, 0.1) is 5.92 Å². The standard InChI is InChI=1S/C17H23N3O3/c1-17(2)9-11(6-7-23-17)10-18-15(21)12-4-5-14-13(8-12)19-16(22)20(14)3/h4-5,8,11H,6-7,9-10H2,1-3H3,(H,18,21)(H,19,22). The van der Waals surface area contributed by atoms with Gasteiger partial charge in [0.1, 0.15) is 0 Å². The lowest BCUT2D eigenvalue weighted by molar-refractivity contribution is -0.0715. The van der Waals surface area contributed by atoms with E-state index in [4.69, 9.17) is 4.74 Å². The molecule has 0 radical (unpaired) electrons. The summed E-state index contributed by atoms with van der Waals surface area (Å²) in [5.74, 6) is 0.323. The zero-order valence-electron chi connectivity index (χ0n) is 13.8. The highest BCUT2D eigenvalue weighted by atomic mass is 16.5. The van der Waals surface area contributed by atoms with Crippen molar-refractivity contribution in [2.45, 2.75) is 32.3 Å². The lowest BCUT2D eigenvalue weighted by Crippen LogP contribution is -2.39. The van der Waals surface area contributed by atoms with E-state index in [1.54, 1.807) is 25.2 Å². The van der Waals surface area contributed by atoms with Crippen LogP contribution in [-0.2, 0) is 11.8 Å². The Morgan fingerprint density at radius 1 is 1.48 bits per heavy atom. The first-order chi connectivity index (χ1) is 10.9. The number of aromatic nitrogens is 2. The SMILES string of the molecule is Cn1c(=O)[nH]c2cc(C(=O)NCC3CCOC(C)(C)C3)ccc21. The number of nitrogens with zero attached hydrogens (tertiary/aromatic N) is 1. The van der Waals surface area contributed by atoms with Crippen molar-refractivity contribution in [2.75, 3.05) is 13.2 Å². The Morgan fingerprint density at radius 2 is 2.26 bits per heavy atom.